The van der Waals surface area contributed by atoms with Crippen LogP contribution in [0, 0.1) is 18.2 Å². The first-order chi connectivity index (χ1) is 24.3. The molecule has 2 N–H and O–H groups in total. The van der Waals surface area contributed by atoms with Gasteiger partial charge in [-0.3, -0.25) is 4.79 Å². The molecule has 4 aromatic rings. The number of fused-ring (bicyclic) bond motifs is 1. The van der Waals surface area contributed by atoms with Crippen molar-refractivity contribution < 1.29 is 28.1 Å². The molecule has 5 rings (SSSR count). The van der Waals surface area contributed by atoms with Crippen molar-refractivity contribution in [2.75, 3.05) is 64.3 Å². The minimum atomic E-state index is -0.546. The van der Waals surface area contributed by atoms with E-state index in [0.29, 0.717) is 90.3 Å². The van der Waals surface area contributed by atoms with Crippen LogP contribution in [0.15, 0.2) is 67.0 Å². The maximum atomic E-state index is 15.4. The highest BCUT2D eigenvalue weighted by molar-refractivity contribution is 6.31. The van der Waals surface area contributed by atoms with Gasteiger partial charge in [-0.05, 0) is 69.3 Å². The molecular weight excluding hydrogens is 661 g/mol. The second kappa shape index (κ2) is 18.3. The van der Waals surface area contributed by atoms with E-state index in [9.17, 15) is 4.79 Å². The average molecular weight is 702 g/mol. The van der Waals surface area contributed by atoms with Crippen molar-refractivity contribution in [2.24, 2.45) is 0 Å². The third-order valence-corrected chi connectivity index (χ3v) is 8.03. The molecule has 0 bridgehead atoms. The second-order valence-corrected chi connectivity index (χ2v) is 12.4. The number of anilines is 3. The molecule has 1 saturated heterocycles. The number of hydrogen-bond acceptors (Lipinski definition) is 9. The molecule has 262 valence electrons. The van der Waals surface area contributed by atoms with Gasteiger partial charge in [0.1, 0.15) is 42.2 Å². The standard InChI is InChI=1S/C38H41ClFN5O5/c1-4-16-47-17-6-5-7-18-49-28-12-10-26(11-13-28)30-20-27(21-32(39)37(30)40)43-38-31-22-34(44-36(46)9-8-15-45(2)3)35(23-33(31)41-25-42-38)50-29-14-19-48-24-29/h1,8-13,20-23,25,29H,5-7,14-19,24H2,2-3H3,(H,44,46)(H,41,42,43)/b9-8+. The number of terminal acetylenes is 1. The molecular formula is C38H41ClFN5O5. The normalized spacial score (nSPS) is 14.3. The fraction of sp³-hybridized carbons (Fsp3) is 0.342. The van der Waals surface area contributed by atoms with E-state index in [1.165, 1.54) is 18.5 Å². The van der Waals surface area contributed by atoms with Crippen molar-refractivity contribution in [3.05, 3.63) is 77.9 Å². The van der Waals surface area contributed by atoms with E-state index < -0.39 is 5.82 Å². The lowest BCUT2D eigenvalue weighted by Gasteiger charge is -2.18. The quantitative estimate of drug-likeness (QED) is 0.0669. The minimum absolute atomic E-state index is 0.0538. The molecule has 10 nitrogen and oxygen atoms in total. The summed E-state index contributed by atoms with van der Waals surface area (Å²) in [6.07, 6.45) is 13.2. The van der Waals surface area contributed by atoms with Gasteiger partial charge in [-0.25, -0.2) is 14.4 Å². The lowest BCUT2D eigenvalue weighted by Crippen LogP contribution is -2.18. The topological polar surface area (TPSA) is 107 Å². The van der Waals surface area contributed by atoms with E-state index >= 15 is 4.39 Å². The number of unbranched alkanes of at least 4 members (excludes halogenated alkanes) is 2. The monoisotopic (exact) mass is 701 g/mol. The molecule has 3 aromatic carbocycles. The number of likely N-dealkylation sites (N-methyl/N-ethyl adjacent to an activating group) is 1. The Morgan fingerprint density at radius 3 is 2.72 bits per heavy atom. The predicted octanol–water partition coefficient (Wildman–Crippen LogP) is 7.26. The van der Waals surface area contributed by atoms with Crippen LogP contribution < -0.4 is 20.1 Å². The van der Waals surface area contributed by atoms with Gasteiger partial charge in [0.05, 0.1) is 36.0 Å². The fourth-order valence-electron chi connectivity index (χ4n) is 5.25. The molecule has 1 amide bonds. The lowest BCUT2D eigenvalue weighted by molar-refractivity contribution is -0.111. The fourth-order valence-corrected chi connectivity index (χ4v) is 5.47. The Balaban J connectivity index is 1.34. The molecule has 1 unspecified atom stereocenters. The number of ether oxygens (including phenoxy) is 4. The number of benzene rings is 3. The van der Waals surface area contributed by atoms with Gasteiger partial charge in [-0.2, -0.15) is 0 Å². The first-order valence-corrected chi connectivity index (χ1v) is 16.8. The average Bonchev–Trinajstić information content (AvgIpc) is 3.61. The van der Waals surface area contributed by atoms with Crippen LogP contribution in [0.2, 0.25) is 5.02 Å². The summed E-state index contributed by atoms with van der Waals surface area (Å²) in [5, 5.41) is 6.77. The summed E-state index contributed by atoms with van der Waals surface area (Å²) >= 11 is 6.39. The third kappa shape index (κ3) is 10.4. The van der Waals surface area contributed by atoms with Crippen LogP contribution in [0.1, 0.15) is 25.7 Å². The van der Waals surface area contributed by atoms with E-state index in [4.69, 9.17) is 37.0 Å². The summed E-state index contributed by atoms with van der Waals surface area (Å²) in [5.41, 5.74) is 2.49. The molecule has 2 heterocycles. The van der Waals surface area contributed by atoms with Gasteiger partial charge in [0.15, 0.2) is 0 Å². The Hall–Kier alpha value is -4.73. The van der Waals surface area contributed by atoms with Crippen molar-refractivity contribution in [1.82, 2.24) is 14.9 Å². The van der Waals surface area contributed by atoms with E-state index in [1.54, 1.807) is 48.5 Å². The number of hydrogen-bond donors (Lipinski definition) is 2. The van der Waals surface area contributed by atoms with Crippen molar-refractivity contribution in [2.45, 2.75) is 31.8 Å². The van der Waals surface area contributed by atoms with Crippen molar-refractivity contribution in [1.29, 1.82) is 0 Å². The molecule has 12 heteroatoms. The Morgan fingerprint density at radius 1 is 1.14 bits per heavy atom. The highest BCUT2D eigenvalue weighted by Gasteiger charge is 2.21. The summed E-state index contributed by atoms with van der Waals surface area (Å²) in [7, 11) is 3.84. The Bertz CT molecular complexity index is 1820. The number of aromatic nitrogens is 2. The van der Waals surface area contributed by atoms with E-state index in [2.05, 4.69) is 26.5 Å². The zero-order valence-electron chi connectivity index (χ0n) is 28.2. The van der Waals surface area contributed by atoms with Crippen LogP contribution >= 0.6 is 11.6 Å². The molecule has 0 radical (unpaired) electrons. The van der Waals surface area contributed by atoms with Crippen molar-refractivity contribution >= 4 is 45.6 Å². The van der Waals surface area contributed by atoms with Gasteiger partial charge < -0.3 is 34.5 Å². The van der Waals surface area contributed by atoms with E-state index in [0.717, 1.165) is 25.7 Å². The van der Waals surface area contributed by atoms with Crippen LogP contribution in [-0.2, 0) is 14.3 Å². The van der Waals surface area contributed by atoms with Crippen molar-refractivity contribution in [3.63, 3.8) is 0 Å². The van der Waals surface area contributed by atoms with Gasteiger partial charge in [0.2, 0.25) is 5.91 Å². The first-order valence-electron chi connectivity index (χ1n) is 16.5. The first kappa shape index (κ1) is 36.5. The Labute approximate surface area is 296 Å². The number of rotatable bonds is 17. The van der Waals surface area contributed by atoms with Crippen LogP contribution in [0.3, 0.4) is 0 Å². The smallest absolute Gasteiger partial charge is 0.248 e. The third-order valence-electron chi connectivity index (χ3n) is 7.76. The van der Waals surface area contributed by atoms with Crippen LogP contribution in [0.25, 0.3) is 22.0 Å². The maximum Gasteiger partial charge on any atom is 0.248 e. The lowest BCUT2D eigenvalue weighted by atomic mass is 10.0. The largest absolute Gasteiger partial charge is 0.494 e. The summed E-state index contributed by atoms with van der Waals surface area (Å²) < 4.78 is 38.2. The molecule has 0 saturated carbocycles. The number of nitrogens with zero attached hydrogens (tertiary/aromatic N) is 3. The molecule has 1 aromatic heterocycles. The second-order valence-electron chi connectivity index (χ2n) is 12.0. The SMILES string of the molecule is C#CCOCCCCCOc1ccc(-c2cc(Nc3ncnc4cc(OC5CCOC5)c(NC(=O)/C=C/CN(C)C)cc34)cc(Cl)c2F)cc1. The molecule has 0 spiro atoms. The molecule has 0 aliphatic carbocycles. The number of halogens is 2. The van der Waals surface area contributed by atoms with Gasteiger partial charge in [-0.1, -0.05) is 35.7 Å². The van der Waals surface area contributed by atoms with E-state index in [1.807, 2.05) is 19.0 Å². The Morgan fingerprint density at radius 2 is 1.96 bits per heavy atom. The van der Waals surface area contributed by atoms with E-state index in [-0.39, 0.29) is 17.0 Å². The van der Waals surface area contributed by atoms with Crippen LogP contribution in [0.5, 0.6) is 11.5 Å². The Kier molecular flexibility index (Phi) is 13.4. The zero-order chi connectivity index (χ0) is 35.3. The number of nitrogens with one attached hydrogen (secondary N) is 2. The summed E-state index contributed by atoms with van der Waals surface area (Å²) in [4.78, 5) is 23.7. The van der Waals surface area contributed by atoms with Crippen LogP contribution in [-0.4, -0.2) is 80.6 Å². The predicted molar refractivity (Wildman–Crippen MR) is 195 cm³/mol. The molecule has 50 heavy (non-hydrogen) atoms. The van der Waals surface area contributed by atoms with Gasteiger partial charge in [0, 0.05) is 48.4 Å². The summed E-state index contributed by atoms with van der Waals surface area (Å²) in [6, 6.07) is 13.9. The summed E-state index contributed by atoms with van der Waals surface area (Å²) in [6.45, 7) is 3.20. The van der Waals surface area contributed by atoms with Crippen LogP contribution in [0.4, 0.5) is 21.6 Å². The number of amides is 1. The van der Waals surface area contributed by atoms with Crippen molar-refractivity contribution in [3.8, 4) is 35.0 Å². The number of carbonyl (C=O) groups excluding carboxylic acids is 1. The minimum Gasteiger partial charge on any atom is -0.494 e. The molecule has 1 aliphatic rings. The van der Waals surface area contributed by atoms with Gasteiger partial charge in [0.25, 0.3) is 0 Å². The molecule has 1 aliphatic heterocycles. The molecule has 1 atom stereocenters. The highest BCUT2D eigenvalue weighted by atomic mass is 35.5. The summed E-state index contributed by atoms with van der Waals surface area (Å²) in [5.74, 6) is 3.19. The highest BCUT2D eigenvalue weighted by Crippen LogP contribution is 2.37. The zero-order valence-corrected chi connectivity index (χ0v) is 29.0. The number of carbonyl (C=O) groups is 1. The van der Waals surface area contributed by atoms with Gasteiger partial charge >= 0.3 is 0 Å². The maximum absolute atomic E-state index is 15.4. The van der Waals surface area contributed by atoms with Gasteiger partial charge in [-0.15, -0.1) is 6.42 Å². The molecule has 1 fully saturated rings.